The normalized spacial score (nSPS) is 10.7. The van der Waals surface area contributed by atoms with Gasteiger partial charge in [0.2, 0.25) is 0 Å². The lowest BCUT2D eigenvalue weighted by Gasteiger charge is -2.05. The minimum absolute atomic E-state index is 0.0245. The number of halogens is 3. The third kappa shape index (κ3) is 5.95. The van der Waals surface area contributed by atoms with Gasteiger partial charge < -0.3 is 15.6 Å². The molecule has 2 aromatic rings. The fourth-order valence-electron chi connectivity index (χ4n) is 1.96. The first-order valence-corrected chi connectivity index (χ1v) is 8.89. The zero-order chi connectivity index (χ0) is 19.1. The van der Waals surface area contributed by atoms with Crippen LogP contribution in [-0.4, -0.2) is 29.9 Å². The number of benzene rings is 1. The first kappa shape index (κ1) is 20.1. The van der Waals surface area contributed by atoms with Crippen molar-refractivity contribution in [2.45, 2.75) is 0 Å². The van der Waals surface area contributed by atoms with E-state index in [9.17, 15) is 18.8 Å². The van der Waals surface area contributed by atoms with Crippen LogP contribution in [0.5, 0.6) is 0 Å². The Hall–Kier alpha value is -2.20. The average molecular weight is 490 g/mol. The second-order valence-corrected chi connectivity index (χ2v) is 6.75. The highest BCUT2D eigenvalue weighted by atomic mass is 127. The van der Waals surface area contributed by atoms with Crippen molar-refractivity contribution >= 4 is 46.0 Å². The van der Waals surface area contributed by atoms with E-state index in [-0.39, 0.29) is 34.9 Å². The second kappa shape index (κ2) is 9.48. The monoisotopic (exact) mass is 489 g/mol. The minimum atomic E-state index is -0.588. The van der Waals surface area contributed by atoms with Gasteiger partial charge in [-0.05, 0) is 40.8 Å². The molecule has 0 aliphatic carbocycles. The van der Waals surface area contributed by atoms with Crippen molar-refractivity contribution in [1.82, 2.24) is 15.6 Å². The molecule has 2 rings (SSSR count). The van der Waals surface area contributed by atoms with Crippen LogP contribution in [0.15, 0.2) is 47.3 Å². The first-order valence-electron chi connectivity index (χ1n) is 7.43. The van der Waals surface area contributed by atoms with E-state index in [0.29, 0.717) is 0 Å². The maximum Gasteiger partial charge on any atom is 0.268 e. The molecule has 6 nitrogen and oxygen atoms in total. The summed E-state index contributed by atoms with van der Waals surface area (Å²) in [6.45, 7) is 0.356. The van der Waals surface area contributed by atoms with Gasteiger partial charge in [-0.1, -0.05) is 23.8 Å². The summed E-state index contributed by atoms with van der Waals surface area (Å²) in [5, 5.41) is 5.19. The van der Waals surface area contributed by atoms with E-state index in [1.165, 1.54) is 12.1 Å². The highest BCUT2D eigenvalue weighted by Gasteiger charge is 2.11. The van der Waals surface area contributed by atoms with Crippen LogP contribution in [0.1, 0.15) is 20.8 Å². The summed E-state index contributed by atoms with van der Waals surface area (Å²) >= 11 is 7.68. The molecule has 0 fully saturated rings. The van der Waals surface area contributed by atoms with Crippen LogP contribution in [0.25, 0.3) is 0 Å². The molecular formula is C17H14ClFIN3O3. The molecule has 26 heavy (non-hydrogen) atoms. The first-order chi connectivity index (χ1) is 12.4. The molecule has 0 bridgehead atoms. The standard InChI is InChI=1S/C17H14ClFIN3O3/c18-15-9-11(24)8-14(23-15)17(26)22-6-2-1-5-21-16(25)12-7-10(20)3-4-13(12)19/h1-4,7-9H,5-6H2,(H,21,25)(H,22,26)(H,23,24)/b2-1-. The maximum atomic E-state index is 13.6. The quantitative estimate of drug-likeness (QED) is 0.331. The Bertz CT molecular complexity index is 914. The van der Waals surface area contributed by atoms with Crippen molar-refractivity contribution in [3.63, 3.8) is 0 Å². The van der Waals surface area contributed by atoms with Gasteiger partial charge in [0.15, 0.2) is 5.43 Å². The summed E-state index contributed by atoms with van der Waals surface area (Å²) in [5.41, 5.74) is -0.346. The number of pyridine rings is 1. The van der Waals surface area contributed by atoms with E-state index in [2.05, 4.69) is 15.6 Å². The predicted octanol–water partition coefficient (Wildman–Crippen LogP) is 2.49. The average Bonchev–Trinajstić information content (AvgIpc) is 2.58. The number of aromatic nitrogens is 1. The van der Waals surface area contributed by atoms with Crippen molar-refractivity contribution in [3.8, 4) is 0 Å². The molecule has 1 heterocycles. The number of amides is 2. The zero-order valence-electron chi connectivity index (χ0n) is 13.3. The van der Waals surface area contributed by atoms with Crippen LogP contribution in [0.2, 0.25) is 5.15 Å². The molecule has 0 aliphatic rings. The van der Waals surface area contributed by atoms with Crippen LogP contribution in [-0.2, 0) is 0 Å². The summed E-state index contributed by atoms with van der Waals surface area (Å²) < 4.78 is 14.3. The Kier molecular flexibility index (Phi) is 7.34. The van der Waals surface area contributed by atoms with Gasteiger partial charge in [-0.3, -0.25) is 14.4 Å². The molecule has 0 saturated carbocycles. The lowest BCUT2D eigenvalue weighted by Crippen LogP contribution is -2.26. The second-order valence-electron chi connectivity index (χ2n) is 5.09. The number of hydrogen-bond donors (Lipinski definition) is 3. The Morgan fingerprint density at radius 2 is 1.77 bits per heavy atom. The van der Waals surface area contributed by atoms with Gasteiger partial charge in [-0.15, -0.1) is 0 Å². The van der Waals surface area contributed by atoms with Crippen molar-refractivity contribution in [2.24, 2.45) is 0 Å². The molecule has 1 aromatic carbocycles. The van der Waals surface area contributed by atoms with Crippen molar-refractivity contribution < 1.29 is 14.0 Å². The summed E-state index contributed by atoms with van der Waals surface area (Å²) in [6.07, 6.45) is 3.23. The molecule has 0 atom stereocenters. The lowest BCUT2D eigenvalue weighted by atomic mass is 10.2. The van der Waals surface area contributed by atoms with Crippen LogP contribution >= 0.6 is 34.2 Å². The Balaban J connectivity index is 1.79. The van der Waals surface area contributed by atoms with E-state index in [0.717, 1.165) is 15.7 Å². The predicted molar refractivity (Wildman–Crippen MR) is 105 cm³/mol. The van der Waals surface area contributed by atoms with E-state index in [1.54, 1.807) is 18.2 Å². The molecule has 136 valence electrons. The highest BCUT2D eigenvalue weighted by Crippen LogP contribution is 2.12. The molecule has 0 radical (unpaired) electrons. The molecule has 9 heteroatoms. The Morgan fingerprint density at radius 1 is 1.12 bits per heavy atom. The lowest BCUT2D eigenvalue weighted by molar-refractivity contribution is 0.0944. The summed E-state index contributed by atoms with van der Waals surface area (Å²) in [6, 6.07) is 6.57. The number of H-pyrrole nitrogens is 1. The zero-order valence-corrected chi connectivity index (χ0v) is 16.2. The molecule has 0 aliphatic heterocycles. The fraction of sp³-hybridized carbons (Fsp3) is 0.118. The summed E-state index contributed by atoms with van der Waals surface area (Å²) in [4.78, 5) is 37.6. The smallest absolute Gasteiger partial charge is 0.268 e. The number of aromatic amines is 1. The molecule has 1 aromatic heterocycles. The minimum Gasteiger partial charge on any atom is -0.348 e. The molecule has 0 unspecified atom stereocenters. The third-order valence-corrected chi connectivity index (χ3v) is 4.03. The molecule has 3 N–H and O–H groups in total. The topological polar surface area (TPSA) is 91.1 Å². The number of rotatable bonds is 6. The van der Waals surface area contributed by atoms with Gasteiger partial charge in [0.1, 0.15) is 16.7 Å². The third-order valence-electron chi connectivity index (χ3n) is 3.15. The fourth-order valence-corrected chi connectivity index (χ4v) is 2.66. The van der Waals surface area contributed by atoms with Crippen LogP contribution < -0.4 is 16.1 Å². The van der Waals surface area contributed by atoms with Gasteiger partial charge >= 0.3 is 0 Å². The number of hydrogen-bond acceptors (Lipinski definition) is 3. The van der Waals surface area contributed by atoms with Crippen molar-refractivity contribution in [2.75, 3.05) is 13.1 Å². The van der Waals surface area contributed by atoms with Gasteiger partial charge in [0, 0.05) is 28.8 Å². The van der Waals surface area contributed by atoms with Gasteiger partial charge in [0.25, 0.3) is 11.8 Å². The number of carbonyl (C=O) groups excluding carboxylic acids is 2. The Morgan fingerprint density at radius 3 is 2.42 bits per heavy atom. The molecular weight excluding hydrogens is 476 g/mol. The van der Waals surface area contributed by atoms with Crippen LogP contribution in [0, 0.1) is 9.39 Å². The number of carbonyl (C=O) groups is 2. The van der Waals surface area contributed by atoms with Crippen molar-refractivity contribution in [3.05, 3.63) is 78.5 Å². The van der Waals surface area contributed by atoms with E-state index >= 15 is 0 Å². The highest BCUT2D eigenvalue weighted by molar-refractivity contribution is 14.1. The maximum absolute atomic E-state index is 13.6. The molecule has 0 spiro atoms. The van der Waals surface area contributed by atoms with Crippen molar-refractivity contribution in [1.29, 1.82) is 0 Å². The van der Waals surface area contributed by atoms with Crippen LogP contribution in [0.3, 0.4) is 0 Å². The van der Waals surface area contributed by atoms with Gasteiger partial charge in [0.05, 0.1) is 5.56 Å². The van der Waals surface area contributed by atoms with E-state index in [1.807, 2.05) is 22.6 Å². The molecule has 2 amide bonds. The SMILES string of the molecule is O=C(NC/C=C\CNC(=O)c1cc(I)ccc1F)c1cc(=O)cc(Cl)[nH]1. The van der Waals surface area contributed by atoms with E-state index < -0.39 is 17.6 Å². The molecule has 0 saturated heterocycles. The van der Waals surface area contributed by atoms with Gasteiger partial charge in [-0.25, -0.2) is 4.39 Å². The summed E-state index contributed by atoms with van der Waals surface area (Å²) in [5.74, 6) is -1.60. The van der Waals surface area contributed by atoms with Gasteiger partial charge in [-0.2, -0.15) is 0 Å². The van der Waals surface area contributed by atoms with E-state index in [4.69, 9.17) is 11.6 Å². The number of nitrogens with one attached hydrogen (secondary N) is 3. The van der Waals surface area contributed by atoms with Crippen LogP contribution in [0.4, 0.5) is 4.39 Å². The largest absolute Gasteiger partial charge is 0.348 e. The Labute approximate surface area is 167 Å². The summed E-state index contributed by atoms with van der Waals surface area (Å²) in [7, 11) is 0.